The van der Waals surface area contributed by atoms with Crippen molar-refractivity contribution < 1.29 is 8.83 Å². The van der Waals surface area contributed by atoms with Crippen LogP contribution >= 0.6 is 0 Å². The summed E-state index contributed by atoms with van der Waals surface area (Å²) >= 11 is 0. The van der Waals surface area contributed by atoms with Gasteiger partial charge in [-0.3, -0.25) is 0 Å². The van der Waals surface area contributed by atoms with E-state index in [1.165, 1.54) is 0 Å². The van der Waals surface area contributed by atoms with Crippen LogP contribution in [0.15, 0.2) is 191 Å². The lowest BCUT2D eigenvalue weighted by Gasteiger charge is -2.25. The summed E-state index contributed by atoms with van der Waals surface area (Å²) in [5, 5.41) is 27.2. The molecule has 0 unspecified atom stereocenters. The summed E-state index contributed by atoms with van der Waals surface area (Å²) in [5.74, 6) is 0. The fraction of sp³-hybridized carbons (Fsp3) is 0. The molecular formula is C52H30N4O2. The molecule has 0 saturated heterocycles. The second kappa shape index (κ2) is 13.2. The summed E-state index contributed by atoms with van der Waals surface area (Å²) < 4.78 is 13.4. The van der Waals surface area contributed by atoms with Gasteiger partial charge in [0.2, 0.25) is 0 Å². The SMILES string of the molecule is N#Cc1ccc(N(c2ccccc2)c2ccc3cc4c(cc3c2)oc2c4ccc3c4cc5ccc(N(c6ccccc6)c6ccc(C#N)cc6)cc5cc4oc32)cc1. The third-order valence-electron chi connectivity index (χ3n) is 11.0. The standard InChI is InChI=1S/C52H30N4O2/c53-31-33-11-17-41(18-12-33)55(39-7-3-1-4-8-39)43-21-15-35-27-47-45-23-24-46-48-28-36-16-22-44(56(40-9-5-2-6-10-40)42-19-13-34(32-54)14-20-42)26-38(36)30-50(48)58-52(46)51(45)57-49(47)29-37(35)25-43/h1-30H. The van der Waals surface area contributed by atoms with Crippen molar-refractivity contribution in [2.45, 2.75) is 0 Å². The first-order chi connectivity index (χ1) is 28.6. The number of hydrogen-bond donors (Lipinski definition) is 0. The predicted molar refractivity (Wildman–Crippen MR) is 235 cm³/mol. The number of hydrogen-bond acceptors (Lipinski definition) is 6. The van der Waals surface area contributed by atoms with Crippen molar-refractivity contribution in [1.82, 2.24) is 0 Å². The van der Waals surface area contributed by atoms with E-state index >= 15 is 0 Å². The van der Waals surface area contributed by atoms with Gasteiger partial charge in [-0.15, -0.1) is 0 Å². The highest BCUT2D eigenvalue weighted by Gasteiger charge is 2.20. The highest BCUT2D eigenvalue weighted by Crippen LogP contribution is 2.43. The Kier molecular flexibility index (Phi) is 7.50. The highest BCUT2D eigenvalue weighted by atomic mass is 16.4. The Bertz CT molecular complexity index is 3230. The summed E-state index contributed by atoms with van der Waals surface area (Å²) in [6, 6.07) is 66.1. The van der Waals surface area contributed by atoms with E-state index in [0.717, 1.165) is 99.5 Å². The molecule has 6 nitrogen and oxygen atoms in total. The summed E-state index contributed by atoms with van der Waals surface area (Å²) in [6.07, 6.45) is 0. The fourth-order valence-electron chi connectivity index (χ4n) is 8.22. The summed E-state index contributed by atoms with van der Waals surface area (Å²) in [6.45, 7) is 0. The van der Waals surface area contributed by atoms with Gasteiger partial charge >= 0.3 is 0 Å². The number of fused-ring (bicyclic) bond motifs is 9. The van der Waals surface area contributed by atoms with Gasteiger partial charge in [-0.25, -0.2) is 0 Å². The van der Waals surface area contributed by atoms with Crippen molar-refractivity contribution in [1.29, 1.82) is 10.5 Å². The zero-order valence-corrected chi connectivity index (χ0v) is 30.9. The molecule has 0 aliphatic carbocycles. The monoisotopic (exact) mass is 742 g/mol. The normalized spacial score (nSPS) is 11.4. The van der Waals surface area contributed by atoms with Gasteiger partial charge < -0.3 is 18.6 Å². The minimum absolute atomic E-state index is 0.620. The van der Waals surface area contributed by atoms with E-state index in [9.17, 15) is 10.5 Å². The molecule has 9 aromatic carbocycles. The molecule has 0 fully saturated rings. The van der Waals surface area contributed by atoms with Crippen LogP contribution < -0.4 is 9.80 Å². The first-order valence-corrected chi connectivity index (χ1v) is 19.0. The average molecular weight is 743 g/mol. The number of para-hydroxylation sites is 2. The molecule has 0 amide bonds. The Morgan fingerprint density at radius 2 is 0.707 bits per heavy atom. The van der Waals surface area contributed by atoms with Crippen LogP contribution in [0.1, 0.15) is 11.1 Å². The van der Waals surface area contributed by atoms with Crippen molar-refractivity contribution in [2.24, 2.45) is 0 Å². The van der Waals surface area contributed by atoms with Gasteiger partial charge in [-0.05, 0) is 155 Å². The minimum Gasteiger partial charge on any atom is -0.452 e. The van der Waals surface area contributed by atoms with Crippen molar-refractivity contribution in [3.05, 3.63) is 193 Å². The maximum atomic E-state index is 9.41. The molecular weight excluding hydrogens is 713 g/mol. The quantitative estimate of drug-likeness (QED) is 0.169. The van der Waals surface area contributed by atoms with Crippen molar-refractivity contribution in [3.8, 4) is 12.1 Å². The maximum Gasteiger partial charge on any atom is 0.178 e. The zero-order valence-electron chi connectivity index (χ0n) is 30.9. The Morgan fingerprint density at radius 3 is 1.10 bits per heavy atom. The van der Waals surface area contributed by atoms with Crippen LogP contribution in [0.25, 0.3) is 65.4 Å². The number of nitrogens with zero attached hydrogens (tertiary/aromatic N) is 4. The molecule has 58 heavy (non-hydrogen) atoms. The van der Waals surface area contributed by atoms with Gasteiger partial charge in [-0.2, -0.15) is 10.5 Å². The number of rotatable bonds is 6. The first kappa shape index (κ1) is 33.1. The second-order valence-electron chi connectivity index (χ2n) is 14.4. The topological polar surface area (TPSA) is 80.3 Å². The summed E-state index contributed by atoms with van der Waals surface area (Å²) in [7, 11) is 0. The Balaban J connectivity index is 1.02. The Labute approximate surface area is 332 Å². The molecule has 11 aromatic rings. The van der Waals surface area contributed by atoms with Crippen LogP contribution in [-0.2, 0) is 0 Å². The summed E-state index contributed by atoms with van der Waals surface area (Å²) in [5.41, 5.74) is 10.2. The van der Waals surface area contributed by atoms with E-state index in [-0.39, 0.29) is 0 Å². The lowest BCUT2D eigenvalue weighted by atomic mass is 10.0. The van der Waals surface area contributed by atoms with E-state index in [1.807, 2.05) is 84.9 Å². The molecule has 0 aliphatic heterocycles. The molecule has 6 heteroatoms. The van der Waals surface area contributed by atoms with Gasteiger partial charge in [0.25, 0.3) is 0 Å². The highest BCUT2D eigenvalue weighted by molar-refractivity contribution is 6.21. The molecule has 0 atom stereocenters. The van der Waals surface area contributed by atoms with Crippen LogP contribution in [0.3, 0.4) is 0 Å². The molecule has 11 rings (SSSR count). The third-order valence-corrected chi connectivity index (χ3v) is 11.0. The molecule has 0 bridgehead atoms. The largest absolute Gasteiger partial charge is 0.452 e. The van der Waals surface area contributed by atoms with Crippen LogP contribution in [0, 0.1) is 22.7 Å². The summed E-state index contributed by atoms with van der Waals surface area (Å²) in [4.78, 5) is 4.39. The van der Waals surface area contributed by atoms with Gasteiger partial charge in [0.15, 0.2) is 11.2 Å². The molecule has 0 N–H and O–H groups in total. The Morgan fingerprint density at radius 1 is 0.328 bits per heavy atom. The maximum absolute atomic E-state index is 9.41. The first-order valence-electron chi connectivity index (χ1n) is 19.0. The second-order valence-corrected chi connectivity index (χ2v) is 14.4. The van der Waals surface area contributed by atoms with E-state index in [0.29, 0.717) is 11.1 Å². The lowest BCUT2D eigenvalue weighted by molar-refractivity contribution is 0.634. The van der Waals surface area contributed by atoms with Crippen LogP contribution in [0.2, 0.25) is 0 Å². The Hall–Kier alpha value is -8.32. The molecule has 2 heterocycles. The van der Waals surface area contributed by atoms with E-state index in [1.54, 1.807) is 0 Å². The van der Waals surface area contributed by atoms with Crippen LogP contribution in [-0.4, -0.2) is 0 Å². The van der Waals surface area contributed by atoms with Gasteiger partial charge in [0.05, 0.1) is 23.3 Å². The average Bonchev–Trinajstić information content (AvgIpc) is 3.83. The molecule has 0 aliphatic rings. The zero-order chi connectivity index (χ0) is 38.7. The fourth-order valence-corrected chi connectivity index (χ4v) is 8.22. The van der Waals surface area contributed by atoms with Crippen LogP contribution in [0.4, 0.5) is 34.1 Å². The number of anilines is 6. The van der Waals surface area contributed by atoms with Crippen molar-refractivity contribution >= 4 is 99.5 Å². The van der Waals surface area contributed by atoms with E-state index < -0.39 is 0 Å². The molecule has 0 saturated carbocycles. The number of furan rings is 2. The molecule has 270 valence electrons. The van der Waals surface area contributed by atoms with Gasteiger partial charge in [-0.1, -0.05) is 48.5 Å². The predicted octanol–water partition coefficient (Wildman–Crippen LogP) is 14.5. The number of benzene rings is 9. The van der Waals surface area contributed by atoms with Gasteiger partial charge in [0, 0.05) is 55.7 Å². The lowest BCUT2D eigenvalue weighted by Crippen LogP contribution is -2.09. The molecule has 0 spiro atoms. The van der Waals surface area contributed by atoms with Gasteiger partial charge in [0.1, 0.15) is 11.2 Å². The number of nitriles is 2. The minimum atomic E-state index is 0.620. The smallest absolute Gasteiger partial charge is 0.178 e. The van der Waals surface area contributed by atoms with Crippen molar-refractivity contribution in [3.63, 3.8) is 0 Å². The van der Waals surface area contributed by atoms with E-state index in [4.69, 9.17) is 8.83 Å². The van der Waals surface area contributed by atoms with Crippen LogP contribution in [0.5, 0.6) is 0 Å². The third kappa shape index (κ3) is 5.40. The van der Waals surface area contributed by atoms with Crippen molar-refractivity contribution in [2.75, 3.05) is 9.80 Å². The van der Waals surface area contributed by atoms with E-state index in [2.05, 4.69) is 119 Å². The molecule has 2 aromatic heterocycles. The molecule has 0 radical (unpaired) electrons.